The Bertz CT molecular complexity index is 451. The van der Waals surface area contributed by atoms with E-state index < -0.39 is 29.4 Å². The topological polar surface area (TPSA) is 12.0 Å². The number of hydrogen-bond acceptors (Lipinski definition) is 1. The highest BCUT2D eigenvalue weighted by atomic mass is 19.4. The Balaban J connectivity index is 2.42. The predicted octanol–water partition coefficient (Wildman–Crippen LogP) is 3.65. The summed E-state index contributed by atoms with van der Waals surface area (Å²) in [7, 11) is 1.58. The fraction of sp³-hybridized carbons (Fsp3) is 0.500. The molecular formula is C12H12F5N. The Labute approximate surface area is 101 Å². The largest absolute Gasteiger partial charge is 0.419 e. The molecule has 0 spiro atoms. The van der Waals surface area contributed by atoms with Crippen LogP contribution in [0.2, 0.25) is 0 Å². The third-order valence-corrected chi connectivity index (χ3v) is 3.13. The van der Waals surface area contributed by atoms with Crippen LogP contribution in [0.15, 0.2) is 12.1 Å². The highest BCUT2D eigenvalue weighted by molar-refractivity contribution is 5.31. The molecule has 18 heavy (non-hydrogen) atoms. The van der Waals surface area contributed by atoms with Crippen LogP contribution in [0.4, 0.5) is 22.0 Å². The van der Waals surface area contributed by atoms with Crippen molar-refractivity contribution in [3.05, 3.63) is 34.9 Å². The first-order valence-corrected chi connectivity index (χ1v) is 5.58. The Morgan fingerprint density at radius 3 is 2.22 bits per heavy atom. The molecule has 0 amide bonds. The van der Waals surface area contributed by atoms with Gasteiger partial charge in [-0.2, -0.15) is 13.2 Å². The van der Waals surface area contributed by atoms with Crippen LogP contribution in [-0.2, 0) is 6.18 Å². The minimum absolute atomic E-state index is 0.0366. The van der Waals surface area contributed by atoms with E-state index in [2.05, 4.69) is 5.32 Å². The Hall–Kier alpha value is -1.17. The first-order valence-electron chi connectivity index (χ1n) is 5.58. The van der Waals surface area contributed by atoms with Crippen LogP contribution < -0.4 is 5.32 Å². The minimum Gasteiger partial charge on any atom is -0.313 e. The molecule has 1 aliphatic rings. The highest BCUT2D eigenvalue weighted by Crippen LogP contribution is 2.42. The lowest BCUT2D eigenvalue weighted by atomic mass is 9.99. The monoisotopic (exact) mass is 265 g/mol. The molecule has 1 saturated carbocycles. The number of rotatable bonds is 3. The van der Waals surface area contributed by atoms with Gasteiger partial charge in [0.05, 0.1) is 5.56 Å². The second-order valence-electron chi connectivity index (χ2n) is 4.46. The van der Waals surface area contributed by atoms with Crippen molar-refractivity contribution in [3.63, 3.8) is 0 Å². The lowest BCUT2D eigenvalue weighted by molar-refractivity contribution is -0.140. The average Bonchev–Trinajstić information content (AvgIpc) is 3.06. The average molecular weight is 265 g/mol. The lowest BCUT2D eigenvalue weighted by Crippen LogP contribution is -2.21. The van der Waals surface area contributed by atoms with Gasteiger partial charge in [0.15, 0.2) is 0 Å². The van der Waals surface area contributed by atoms with Crippen LogP contribution in [-0.4, -0.2) is 7.05 Å². The van der Waals surface area contributed by atoms with Gasteiger partial charge in [0.25, 0.3) is 0 Å². The van der Waals surface area contributed by atoms with Crippen LogP contribution in [0.3, 0.4) is 0 Å². The van der Waals surface area contributed by atoms with E-state index in [1.54, 1.807) is 7.05 Å². The van der Waals surface area contributed by atoms with Crippen LogP contribution in [0.5, 0.6) is 0 Å². The second-order valence-corrected chi connectivity index (χ2v) is 4.46. The van der Waals surface area contributed by atoms with Crippen LogP contribution in [0.1, 0.15) is 30.0 Å². The smallest absolute Gasteiger partial charge is 0.313 e. The van der Waals surface area contributed by atoms with Gasteiger partial charge in [-0.3, -0.25) is 0 Å². The molecule has 100 valence electrons. The Morgan fingerprint density at radius 2 is 1.78 bits per heavy atom. The highest BCUT2D eigenvalue weighted by Gasteiger charge is 2.38. The molecule has 0 aliphatic heterocycles. The summed E-state index contributed by atoms with van der Waals surface area (Å²) in [4.78, 5) is 0. The van der Waals surface area contributed by atoms with E-state index in [4.69, 9.17) is 0 Å². The van der Waals surface area contributed by atoms with Crippen LogP contribution >= 0.6 is 0 Å². The summed E-state index contributed by atoms with van der Waals surface area (Å²) in [5, 5.41) is 2.82. The van der Waals surface area contributed by atoms with Gasteiger partial charge in [0.1, 0.15) is 11.6 Å². The maximum absolute atomic E-state index is 13.7. The van der Waals surface area contributed by atoms with Gasteiger partial charge >= 0.3 is 6.18 Å². The predicted molar refractivity (Wildman–Crippen MR) is 55.9 cm³/mol. The quantitative estimate of drug-likeness (QED) is 0.822. The zero-order chi connectivity index (χ0) is 13.5. The van der Waals surface area contributed by atoms with E-state index in [0.717, 1.165) is 12.8 Å². The van der Waals surface area contributed by atoms with Gasteiger partial charge < -0.3 is 5.32 Å². The second kappa shape index (κ2) is 4.50. The first-order chi connectivity index (χ1) is 8.34. The van der Waals surface area contributed by atoms with Gasteiger partial charge in [0.2, 0.25) is 0 Å². The zero-order valence-corrected chi connectivity index (χ0v) is 9.61. The minimum atomic E-state index is -4.88. The maximum Gasteiger partial charge on any atom is 0.419 e. The molecule has 1 fully saturated rings. The van der Waals surface area contributed by atoms with E-state index in [-0.39, 0.29) is 17.5 Å². The molecule has 1 aliphatic carbocycles. The van der Waals surface area contributed by atoms with Crippen molar-refractivity contribution < 1.29 is 22.0 Å². The van der Waals surface area contributed by atoms with Crippen molar-refractivity contribution in [2.75, 3.05) is 7.05 Å². The third kappa shape index (κ3) is 2.48. The van der Waals surface area contributed by atoms with Crippen molar-refractivity contribution >= 4 is 0 Å². The summed E-state index contributed by atoms with van der Waals surface area (Å²) in [6, 6.07) is 0.455. The third-order valence-electron chi connectivity index (χ3n) is 3.13. The number of halogens is 5. The van der Waals surface area contributed by atoms with E-state index in [1.165, 1.54) is 0 Å². The molecule has 0 saturated heterocycles. The summed E-state index contributed by atoms with van der Waals surface area (Å²) >= 11 is 0. The van der Waals surface area contributed by atoms with Gasteiger partial charge in [0, 0.05) is 11.6 Å². The number of hydrogen-bond donors (Lipinski definition) is 1. The Morgan fingerprint density at radius 1 is 1.17 bits per heavy atom. The van der Waals surface area contributed by atoms with Crippen LogP contribution in [0.25, 0.3) is 0 Å². The molecular weight excluding hydrogens is 253 g/mol. The van der Waals surface area contributed by atoms with Gasteiger partial charge in [-0.15, -0.1) is 0 Å². The SMILES string of the molecule is CNC(c1cc(F)c(C(F)(F)F)cc1F)C1CC1. The molecule has 0 heterocycles. The van der Waals surface area contributed by atoms with Crippen molar-refractivity contribution in [3.8, 4) is 0 Å². The summed E-state index contributed by atoms with van der Waals surface area (Å²) in [5.41, 5.74) is -1.60. The molecule has 1 atom stereocenters. The lowest BCUT2D eigenvalue weighted by Gasteiger charge is -2.18. The van der Waals surface area contributed by atoms with Gasteiger partial charge in [-0.1, -0.05) is 0 Å². The number of nitrogens with one attached hydrogen (secondary N) is 1. The van der Waals surface area contributed by atoms with Crippen molar-refractivity contribution in [2.45, 2.75) is 25.1 Å². The normalized spacial score (nSPS) is 17.9. The van der Waals surface area contributed by atoms with Gasteiger partial charge in [-0.05, 0) is 37.9 Å². The maximum atomic E-state index is 13.7. The molecule has 1 N–H and O–H groups in total. The molecule has 1 aromatic carbocycles. The molecule has 1 nitrogen and oxygen atoms in total. The number of benzene rings is 1. The van der Waals surface area contributed by atoms with E-state index >= 15 is 0 Å². The first kappa shape index (κ1) is 13.3. The van der Waals surface area contributed by atoms with E-state index in [1.807, 2.05) is 0 Å². The molecule has 6 heteroatoms. The molecule has 0 bridgehead atoms. The molecule has 0 aromatic heterocycles. The van der Waals surface area contributed by atoms with Crippen molar-refractivity contribution in [2.24, 2.45) is 5.92 Å². The van der Waals surface area contributed by atoms with Crippen LogP contribution in [0, 0.1) is 17.6 Å². The van der Waals surface area contributed by atoms with Crippen molar-refractivity contribution in [1.29, 1.82) is 0 Å². The molecule has 1 aromatic rings. The fourth-order valence-electron chi connectivity index (χ4n) is 2.09. The Kier molecular flexibility index (Phi) is 3.31. The summed E-state index contributed by atoms with van der Waals surface area (Å²) in [5.74, 6) is -2.28. The van der Waals surface area contributed by atoms with E-state index in [9.17, 15) is 22.0 Å². The summed E-state index contributed by atoms with van der Waals surface area (Å²) < 4.78 is 64.2. The molecule has 2 rings (SSSR count). The van der Waals surface area contributed by atoms with Gasteiger partial charge in [-0.25, -0.2) is 8.78 Å². The fourth-order valence-corrected chi connectivity index (χ4v) is 2.09. The summed E-state index contributed by atoms with van der Waals surface area (Å²) in [6.45, 7) is 0. The molecule has 0 radical (unpaired) electrons. The standard InChI is InChI=1S/C12H12F5N/c1-18-11(6-2-3-6)7-4-10(14)8(5-9(7)13)12(15,16)17/h4-6,11,18H,2-3H2,1H3. The zero-order valence-electron chi connectivity index (χ0n) is 9.61. The molecule has 1 unspecified atom stereocenters. The summed E-state index contributed by atoms with van der Waals surface area (Å²) in [6.07, 6.45) is -3.14. The van der Waals surface area contributed by atoms with E-state index in [0.29, 0.717) is 6.07 Å². The van der Waals surface area contributed by atoms with Crippen molar-refractivity contribution in [1.82, 2.24) is 5.32 Å². The number of alkyl halides is 3.